The van der Waals surface area contributed by atoms with Gasteiger partial charge in [-0.15, -0.1) is 0 Å². The number of benzene rings is 1. The minimum absolute atomic E-state index is 0.0264. The molecule has 1 atom stereocenters. The molecule has 0 bridgehead atoms. The van der Waals surface area contributed by atoms with Gasteiger partial charge in [0, 0.05) is 17.6 Å². The highest BCUT2D eigenvalue weighted by atomic mass is 35.5. The summed E-state index contributed by atoms with van der Waals surface area (Å²) in [6.45, 7) is 1.52. The zero-order valence-corrected chi connectivity index (χ0v) is 9.77. The first-order valence-corrected chi connectivity index (χ1v) is 5.20. The molecule has 0 radical (unpaired) electrons. The van der Waals surface area contributed by atoms with E-state index < -0.39 is 16.9 Å². The lowest BCUT2D eigenvalue weighted by Gasteiger charge is -2.07. The maximum absolute atomic E-state index is 11.6. The van der Waals surface area contributed by atoms with Gasteiger partial charge in [0.25, 0.3) is 11.6 Å². The molecule has 0 saturated heterocycles. The second kappa shape index (κ2) is 5.60. The SMILES string of the molecule is C[C@H](O)CNC(=O)c1ccc(Cl)cc1[N+](=O)[O-]. The highest BCUT2D eigenvalue weighted by Gasteiger charge is 2.20. The van der Waals surface area contributed by atoms with Crippen LogP contribution in [0.4, 0.5) is 5.69 Å². The molecule has 0 aliphatic rings. The van der Waals surface area contributed by atoms with Gasteiger partial charge in [0.15, 0.2) is 0 Å². The molecule has 1 aromatic rings. The Hall–Kier alpha value is -1.66. The molecule has 7 heteroatoms. The molecule has 1 rings (SSSR count). The Labute approximate surface area is 102 Å². The van der Waals surface area contributed by atoms with Crippen LogP contribution < -0.4 is 5.32 Å². The molecule has 6 nitrogen and oxygen atoms in total. The first kappa shape index (κ1) is 13.4. The van der Waals surface area contributed by atoms with Gasteiger partial charge in [-0.25, -0.2) is 0 Å². The number of rotatable bonds is 4. The molecule has 2 N–H and O–H groups in total. The van der Waals surface area contributed by atoms with Crippen LogP contribution in [0.2, 0.25) is 5.02 Å². The second-order valence-electron chi connectivity index (χ2n) is 3.48. The van der Waals surface area contributed by atoms with Crippen LogP contribution in [-0.2, 0) is 0 Å². The number of aliphatic hydroxyl groups is 1. The summed E-state index contributed by atoms with van der Waals surface area (Å²) in [6.07, 6.45) is -0.717. The normalized spacial score (nSPS) is 11.9. The molecular formula is C10H11ClN2O4. The number of halogens is 1. The fourth-order valence-electron chi connectivity index (χ4n) is 1.18. The number of aliphatic hydroxyl groups excluding tert-OH is 1. The van der Waals surface area contributed by atoms with E-state index in [1.54, 1.807) is 0 Å². The van der Waals surface area contributed by atoms with Gasteiger partial charge in [-0.05, 0) is 19.1 Å². The Kier molecular flexibility index (Phi) is 4.42. The Bertz CT molecular complexity index is 448. The summed E-state index contributed by atoms with van der Waals surface area (Å²) in [7, 11) is 0. The summed E-state index contributed by atoms with van der Waals surface area (Å²) in [6, 6.07) is 3.78. The molecule has 0 aliphatic carbocycles. The van der Waals surface area contributed by atoms with Crippen LogP contribution >= 0.6 is 11.6 Å². The molecule has 17 heavy (non-hydrogen) atoms. The van der Waals surface area contributed by atoms with Crippen molar-refractivity contribution in [2.24, 2.45) is 0 Å². The topological polar surface area (TPSA) is 92.5 Å². The average molecular weight is 259 g/mol. The highest BCUT2D eigenvalue weighted by molar-refractivity contribution is 6.31. The van der Waals surface area contributed by atoms with Crippen molar-refractivity contribution in [3.05, 3.63) is 38.9 Å². The maximum Gasteiger partial charge on any atom is 0.283 e. The van der Waals surface area contributed by atoms with Crippen molar-refractivity contribution in [2.75, 3.05) is 6.54 Å². The molecule has 0 heterocycles. The van der Waals surface area contributed by atoms with E-state index in [1.165, 1.54) is 19.1 Å². The largest absolute Gasteiger partial charge is 0.392 e. The summed E-state index contributed by atoms with van der Waals surface area (Å²) >= 11 is 5.62. The summed E-state index contributed by atoms with van der Waals surface area (Å²) in [5.74, 6) is -0.616. The Morgan fingerprint density at radius 1 is 1.65 bits per heavy atom. The lowest BCUT2D eigenvalue weighted by molar-refractivity contribution is -0.385. The summed E-state index contributed by atoms with van der Waals surface area (Å²) in [4.78, 5) is 21.7. The Morgan fingerprint density at radius 2 is 2.29 bits per heavy atom. The van der Waals surface area contributed by atoms with E-state index >= 15 is 0 Å². The van der Waals surface area contributed by atoms with Crippen LogP contribution in [0.15, 0.2) is 18.2 Å². The first-order chi connectivity index (χ1) is 7.91. The minimum atomic E-state index is -0.717. The van der Waals surface area contributed by atoms with Crippen LogP contribution in [0.25, 0.3) is 0 Å². The van der Waals surface area contributed by atoms with Crippen molar-refractivity contribution >= 4 is 23.2 Å². The average Bonchev–Trinajstić information content (AvgIpc) is 2.25. The number of nitro groups is 1. The predicted molar refractivity (Wildman–Crippen MR) is 62.1 cm³/mol. The molecule has 0 fully saturated rings. The van der Waals surface area contributed by atoms with Crippen molar-refractivity contribution in [2.45, 2.75) is 13.0 Å². The Morgan fingerprint density at radius 3 is 2.82 bits per heavy atom. The quantitative estimate of drug-likeness (QED) is 0.630. The number of hydrogen-bond donors (Lipinski definition) is 2. The van der Waals surface area contributed by atoms with Crippen molar-refractivity contribution in [3.63, 3.8) is 0 Å². The third-order valence-corrected chi connectivity index (χ3v) is 2.19. The van der Waals surface area contributed by atoms with Crippen molar-refractivity contribution < 1.29 is 14.8 Å². The van der Waals surface area contributed by atoms with E-state index in [4.69, 9.17) is 16.7 Å². The molecular weight excluding hydrogens is 248 g/mol. The number of nitrogens with zero attached hydrogens (tertiary/aromatic N) is 1. The fourth-order valence-corrected chi connectivity index (χ4v) is 1.35. The van der Waals surface area contributed by atoms with Crippen LogP contribution in [0.1, 0.15) is 17.3 Å². The van der Waals surface area contributed by atoms with Crippen LogP contribution in [0.3, 0.4) is 0 Å². The number of amides is 1. The summed E-state index contributed by atoms with van der Waals surface area (Å²) in [5, 5.41) is 22.3. The third kappa shape index (κ3) is 3.69. The lowest BCUT2D eigenvalue weighted by Crippen LogP contribution is -2.30. The first-order valence-electron chi connectivity index (χ1n) is 4.82. The van der Waals surface area contributed by atoms with Gasteiger partial charge in [0.05, 0.1) is 11.0 Å². The van der Waals surface area contributed by atoms with Crippen molar-refractivity contribution in [1.82, 2.24) is 5.32 Å². The molecule has 1 amide bonds. The van der Waals surface area contributed by atoms with E-state index in [1.807, 2.05) is 0 Å². The van der Waals surface area contributed by atoms with Crippen molar-refractivity contribution in [3.8, 4) is 0 Å². The highest BCUT2D eigenvalue weighted by Crippen LogP contribution is 2.22. The maximum atomic E-state index is 11.6. The third-order valence-electron chi connectivity index (χ3n) is 1.96. The zero-order chi connectivity index (χ0) is 13.0. The monoisotopic (exact) mass is 258 g/mol. The summed E-state index contributed by atoms with van der Waals surface area (Å²) in [5.41, 5.74) is -0.444. The van der Waals surface area contributed by atoms with E-state index in [-0.39, 0.29) is 22.8 Å². The van der Waals surface area contributed by atoms with Gasteiger partial charge < -0.3 is 10.4 Å². The minimum Gasteiger partial charge on any atom is -0.392 e. The van der Waals surface area contributed by atoms with Crippen LogP contribution in [0, 0.1) is 10.1 Å². The number of hydrogen-bond acceptors (Lipinski definition) is 4. The van der Waals surface area contributed by atoms with Gasteiger partial charge in [0.2, 0.25) is 0 Å². The smallest absolute Gasteiger partial charge is 0.283 e. The molecule has 0 spiro atoms. The number of carbonyl (C=O) groups excluding carboxylic acids is 1. The van der Waals surface area contributed by atoms with E-state index in [2.05, 4.69) is 5.32 Å². The molecule has 1 aromatic carbocycles. The lowest BCUT2D eigenvalue weighted by atomic mass is 10.1. The standard InChI is InChI=1S/C10H11ClN2O4/c1-6(14)5-12-10(15)8-3-2-7(11)4-9(8)13(16)17/h2-4,6,14H,5H2,1H3,(H,12,15)/t6-/m0/s1. The van der Waals surface area contributed by atoms with E-state index in [0.717, 1.165) is 6.07 Å². The number of nitro benzene ring substituents is 1. The Balaban J connectivity index is 2.96. The summed E-state index contributed by atoms with van der Waals surface area (Å²) < 4.78 is 0. The fraction of sp³-hybridized carbons (Fsp3) is 0.300. The van der Waals surface area contributed by atoms with Gasteiger partial charge in [-0.3, -0.25) is 14.9 Å². The van der Waals surface area contributed by atoms with Gasteiger partial charge in [-0.2, -0.15) is 0 Å². The molecule has 0 aliphatic heterocycles. The van der Waals surface area contributed by atoms with E-state index in [9.17, 15) is 14.9 Å². The molecule has 0 aromatic heterocycles. The number of carbonyl (C=O) groups is 1. The van der Waals surface area contributed by atoms with Gasteiger partial charge >= 0.3 is 0 Å². The number of nitrogens with one attached hydrogen (secondary N) is 1. The van der Waals surface area contributed by atoms with E-state index in [0.29, 0.717) is 0 Å². The van der Waals surface area contributed by atoms with Crippen molar-refractivity contribution in [1.29, 1.82) is 0 Å². The molecule has 0 saturated carbocycles. The van der Waals surface area contributed by atoms with Gasteiger partial charge in [-0.1, -0.05) is 11.6 Å². The van der Waals surface area contributed by atoms with Crippen LogP contribution in [-0.4, -0.2) is 28.6 Å². The second-order valence-corrected chi connectivity index (χ2v) is 3.91. The predicted octanol–water partition coefficient (Wildman–Crippen LogP) is 1.36. The molecule has 0 unspecified atom stereocenters. The van der Waals surface area contributed by atoms with Crippen LogP contribution in [0.5, 0.6) is 0 Å². The zero-order valence-electron chi connectivity index (χ0n) is 9.01. The molecule has 92 valence electrons. The van der Waals surface area contributed by atoms with Gasteiger partial charge in [0.1, 0.15) is 5.56 Å².